The van der Waals surface area contributed by atoms with Crippen LogP contribution in [0.3, 0.4) is 0 Å². The Morgan fingerprint density at radius 3 is 2.87 bits per heavy atom. The first-order valence-electron chi connectivity index (χ1n) is 4.45. The van der Waals surface area contributed by atoms with Gasteiger partial charge in [-0.1, -0.05) is 0 Å². The Morgan fingerprint density at radius 1 is 1.67 bits per heavy atom. The Bertz CT molecular complexity index is 379. The molecule has 5 heteroatoms. The molecule has 0 unspecified atom stereocenters. The van der Waals surface area contributed by atoms with Gasteiger partial charge >= 0.3 is 0 Å². The number of nitriles is 1. The Kier molecular flexibility index (Phi) is 3.63. The average Bonchev–Trinajstić information content (AvgIpc) is 2.29. The van der Waals surface area contributed by atoms with Crippen LogP contribution < -0.4 is 10.2 Å². The van der Waals surface area contributed by atoms with E-state index in [4.69, 9.17) is 5.26 Å². The highest BCUT2D eigenvalue weighted by molar-refractivity contribution is 5.80. The van der Waals surface area contributed by atoms with Gasteiger partial charge < -0.3 is 10.2 Å². The van der Waals surface area contributed by atoms with E-state index in [1.165, 1.54) is 6.20 Å². The van der Waals surface area contributed by atoms with E-state index in [1.54, 1.807) is 31.1 Å². The quantitative estimate of drug-likeness (QED) is 0.760. The lowest BCUT2D eigenvalue weighted by atomic mass is 10.3. The monoisotopic (exact) mass is 204 g/mol. The second kappa shape index (κ2) is 4.96. The number of anilines is 1. The molecule has 0 aromatic carbocycles. The summed E-state index contributed by atoms with van der Waals surface area (Å²) in [5.74, 6) is 0.584. The van der Waals surface area contributed by atoms with Gasteiger partial charge in [0.1, 0.15) is 11.9 Å². The molecular weight excluding hydrogens is 192 g/mol. The average molecular weight is 204 g/mol. The summed E-state index contributed by atoms with van der Waals surface area (Å²) in [4.78, 5) is 16.9. The van der Waals surface area contributed by atoms with E-state index in [2.05, 4.69) is 10.3 Å². The second-order valence-corrected chi connectivity index (χ2v) is 3.05. The smallest absolute Gasteiger partial charge is 0.239 e. The maximum atomic E-state index is 11.1. The number of rotatable bonds is 3. The van der Waals surface area contributed by atoms with Crippen molar-refractivity contribution in [2.45, 2.75) is 0 Å². The van der Waals surface area contributed by atoms with Gasteiger partial charge in [0.15, 0.2) is 0 Å². The number of hydrogen-bond donors (Lipinski definition) is 1. The van der Waals surface area contributed by atoms with Crippen molar-refractivity contribution in [2.24, 2.45) is 0 Å². The molecule has 0 aliphatic carbocycles. The highest BCUT2D eigenvalue weighted by Gasteiger charge is 2.06. The van der Waals surface area contributed by atoms with Gasteiger partial charge in [0.25, 0.3) is 0 Å². The van der Waals surface area contributed by atoms with Gasteiger partial charge in [-0.2, -0.15) is 5.26 Å². The third-order valence-corrected chi connectivity index (χ3v) is 1.93. The molecule has 0 saturated heterocycles. The van der Waals surface area contributed by atoms with Gasteiger partial charge in [-0.25, -0.2) is 4.98 Å². The van der Waals surface area contributed by atoms with E-state index in [1.807, 2.05) is 6.07 Å². The molecule has 1 aromatic heterocycles. The highest BCUT2D eigenvalue weighted by Crippen LogP contribution is 2.08. The minimum absolute atomic E-state index is 0.0799. The Labute approximate surface area is 88.3 Å². The number of carbonyl (C=O) groups excluding carboxylic acids is 1. The molecule has 1 rings (SSSR count). The van der Waals surface area contributed by atoms with Crippen molar-refractivity contribution in [1.29, 1.82) is 5.26 Å². The van der Waals surface area contributed by atoms with Crippen molar-refractivity contribution in [1.82, 2.24) is 10.3 Å². The number of likely N-dealkylation sites (N-methyl/N-ethyl adjacent to an activating group) is 2. The summed E-state index contributed by atoms with van der Waals surface area (Å²) in [6.45, 7) is 0.245. The first kappa shape index (κ1) is 11.0. The van der Waals surface area contributed by atoms with Gasteiger partial charge in [-0.15, -0.1) is 0 Å². The van der Waals surface area contributed by atoms with Crippen molar-refractivity contribution in [3.8, 4) is 6.07 Å². The molecule has 0 atom stereocenters. The number of aromatic nitrogens is 1. The van der Waals surface area contributed by atoms with Gasteiger partial charge in [-0.3, -0.25) is 4.79 Å². The fraction of sp³-hybridized carbons (Fsp3) is 0.300. The summed E-state index contributed by atoms with van der Waals surface area (Å²) >= 11 is 0. The molecule has 5 nitrogen and oxygen atoms in total. The third kappa shape index (κ3) is 2.95. The van der Waals surface area contributed by atoms with Crippen LogP contribution in [-0.2, 0) is 4.79 Å². The second-order valence-electron chi connectivity index (χ2n) is 3.05. The highest BCUT2D eigenvalue weighted by atomic mass is 16.1. The Balaban J connectivity index is 2.70. The lowest BCUT2D eigenvalue weighted by Gasteiger charge is -2.16. The van der Waals surface area contributed by atoms with E-state index in [-0.39, 0.29) is 12.5 Å². The fourth-order valence-electron chi connectivity index (χ4n) is 1.05. The Morgan fingerprint density at radius 2 is 2.40 bits per heavy atom. The summed E-state index contributed by atoms with van der Waals surface area (Å²) in [5, 5.41) is 11.1. The Hall–Kier alpha value is -2.09. The van der Waals surface area contributed by atoms with Crippen LogP contribution in [0.2, 0.25) is 0 Å². The summed E-state index contributed by atoms with van der Waals surface area (Å²) in [6, 6.07) is 5.36. The number of carbonyl (C=O) groups is 1. The van der Waals surface area contributed by atoms with E-state index < -0.39 is 0 Å². The molecule has 0 aliphatic rings. The van der Waals surface area contributed by atoms with Crippen molar-refractivity contribution in [2.75, 3.05) is 25.5 Å². The van der Waals surface area contributed by atoms with Crippen molar-refractivity contribution in [3.05, 3.63) is 23.9 Å². The summed E-state index contributed by atoms with van der Waals surface area (Å²) in [7, 11) is 3.35. The van der Waals surface area contributed by atoms with Crippen molar-refractivity contribution >= 4 is 11.7 Å². The summed E-state index contributed by atoms with van der Waals surface area (Å²) < 4.78 is 0. The van der Waals surface area contributed by atoms with E-state index >= 15 is 0 Å². The molecule has 0 saturated carbocycles. The van der Waals surface area contributed by atoms with E-state index in [9.17, 15) is 4.79 Å². The van der Waals surface area contributed by atoms with Crippen molar-refractivity contribution < 1.29 is 4.79 Å². The van der Waals surface area contributed by atoms with Crippen LogP contribution in [0, 0.1) is 11.3 Å². The van der Waals surface area contributed by atoms with Crippen LogP contribution in [0.5, 0.6) is 0 Å². The van der Waals surface area contributed by atoms with Crippen LogP contribution in [0.1, 0.15) is 5.56 Å². The largest absolute Gasteiger partial charge is 0.358 e. The normalized spacial score (nSPS) is 9.13. The number of amides is 1. The zero-order chi connectivity index (χ0) is 11.3. The number of pyridine rings is 1. The zero-order valence-electron chi connectivity index (χ0n) is 8.69. The van der Waals surface area contributed by atoms with Crippen LogP contribution >= 0.6 is 0 Å². The molecular formula is C10H12N4O. The predicted octanol–water partition coefficient (Wildman–Crippen LogP) is 0.135. The molecule has 78 valence electrons. The summed E-state index contributed by atoms with van der Waals surface area (Å²) in [6.07, 6.45) is 1.48. The molecule has 1 heterocycles. The number of hydrogen-bond acceptors (Lipinski definition) is 4. The first-order valence-corrected chi connectivity index (χ1v) is 4.45. The zero-order valence-corrected chi connectivity index (χ0v) is 8.69. The summed E-state index contributed by atoms with van der Waals surface area (Å²) in [5.41, 5.74) is 0.507. The van der Waals surface area contributed by atoms with Crippen molar-refractivity contribution in [3.63, 3.8) is 0 Å². The van der Waals surface area contributed by atoms with Gasteiger partial charge in [0, 0.05) is 20.3 Å². The number of nitrogens with one attached hydrogen (secondary N) is 1. The van der Waals surface area contributed by atoms with E-state index in [0.717, 1.165) is 0 Å². The van der Waals surface area contributed by atoms with Crippen LogP contribution in [0.4, 0.5) is 5.82 Å². The maximum Gasteiger partial charge on any atom is 0.239 e. The molecule has 0 fully saturated rings. The maximum absolute atomic E-state index is 11.1. The SMILES string of the molecule is CNC(=O)CN(C)c1ccc(C#N)cn1. The fourth-order valence-corrected chi connectivity index (χ4v) is 1.05. The molecule has 15 heavy (non-hydrogen) atoms. The molecule has 0 bridgehead atoms. The number of nitrogens with zero attached hydrogens (tertiary/aromatic N) is 3. The lowest BCUT2D eigenvalue weighted by molar-refractivity contribution is -0.119. The minimum atomic E-state index is -0.0799. The third-order valence-electron chi connectivity index (χ3n) is 1.93. The standard InChI is InChI=1S/C10H12N4O/c1-12-10(15)7-14(2)9-4-3-8(5-11)6-13-9/h3-4,6H,7H2,1-2H3,(H,12,15). The van der Waals surface area contributed by atoms with Gasteiger partial charge in [0.2, 0.25) is 5.91 Å². The van der Waals surface area contributed by atoms with E-state index in [0.29, 0.717) is 11.4 Å². The van der Waals surface area contributed by atoms with Crippen LogP contribution in [0.25, 0.3) is 0 Å². The minimum Gasteiger partial charge on any atom is -0.358 e. The molecule has 0 spiro atoms. The van der Waals surface area contributed by atoms with Crippen LogP contribution in [-0.4, -0.2) is 31.5 Å². The lowest BCUT2D eigenvalue weighted by Crippen LogP contribution is -2.33. The predicted molar refractivity (Wildman–Crippen MR) is 56.3 cm³/mol. The molecule has 1 N–H and O–H groups in total. The topological polar surface area (TPSA) is 69.0 Å². The first-order chi connectivity index (χ1) is 7.17. The molecule has 1 aromatic rings. The van der Waals surface area contributed by atoms with Gasteiger partial charge in [-0.05, 0) is 12.1 Å². The molecule has 0 aliphatic heterocycles. The molecule has 1 amide bonds. The molecule has 0 radical (unpaired) electrons. The van der Waals surface area contributed by atoms with Gasteiger partial charge in [0.05, 0.1) is 12.1 Å². The van der Waals surface area contributed by atoms with Crippen LogP contribution in [0.15, 0.2) is 18.3 Å².